The second kappa shape index (κ2) is 10.3. The lowest BCUT2D eigenvalue weighted by atomic mass is 9.91. The molecule has 1 aliphatic heterocycles. The maximum Gasteiger partial charge on any atom is 0.270 e. The highest BCUT2D eigenvalue weighted by molar-refractivity contribution is 5.93. The SMILES string of the molecule is CCCN1CCN(C(=O)c2cccc(=O)[nH]2)CC(Cc2ccccc2-c2ccccc2)C1=O. The van der Waals surface area contributed by atoms with Crippen molar-refractivity contribution in [3.8, 4) is 11.1 Å². The van der Waals surface area contributed by atoms with Gasteiger partial charge in [0, 0.05) is 32.2 Å². The topological polar surface area (TPSA) is 73.5 Å². The Balaban J connectivity index is 1.64. The fourth-order valence-electron chi connectivity index (χ4n) is 4.48. The average molecular weight is 444 g/mol. The smallest absolute Gasteiger partial charge is 0.270 e. The molecule has 1 N–H and O–H groups in total. The van der Waals surface area contributed by atoms with Crippen molar-refractivity contribution >= 4 is 11.8 Å². The molecule has 0 spiro atoms. The number of carbonyl (C=O) groups excluding carboxylic acids is 2. The molecule has 1 aromatic heterocycles. The van der Waals surface area contributed by atoms with E-state index in [2.05, 4.69) is 36.2 Å². The van der Waals surface area contributed by atoms with Gasteiger partial charge in [-0.05, 0) is 35.6 Å². The third-order valence-corrected chi connectivity index (χ3v) is 6.09. The van der Waals surface area contributed by atoms with Crippen molar-refractivity contribution in [2.45, 2.75) is 19.8 Å². The number of nitrogens with one attached hydrogen (secondary N) is 1. The van der Waals surface area contributed by atoms with Crippen LogP contribution in [0.15, 0.2) is 77.6 Å². The molecule has 2 amide bonds. The van der Waals surface area contributed by atoms with E-state index in [0.29, 0.717) is 32.6 Å². The number of nitrogens with zero attached hydrogens (tertiary/aromatic N) is 2. The van der Waals surface area contributed by atoms with Gasteiger partial charge in [-0.3, -0.25) is 14.4 Å². The van der Waals surface area contributed by atoms with Crippen LogP contribution in [0.3, 0.4) is 0 Å². The van der Waals surface area contributed by atoms with Crippen LogP contribution >= 0.6 is 0 Å². The standard InChI is InChI=1S/C27H29N3O3/c1-2-15-29-16-17-30(27(33)24-13-8-14-25(31)28-24)19-22(26(29)32)18-21-11-6-7-12-23(21)20-9-4-3-5-10-20/h3-14,22H,2,15-19H2,1H3,(H,28,31). The number of aromatic nitrogens is 1. The normalized spacial score (nSPS) is 16.5. The van der Waals surface area contributed by atoms with E-state index >= 15 is 0 Å². The van der Waals surface area contributed by atoms with Gasteiger partial charge in [0.25, 0.3) is 5.91 Å². The minimum atomic E-state index is -0.358. The molecule has 1 fully saturated rings. The van der Waals surface area contributed by atoms with Gasteiger partial charge in [-0.1, -0.05) is 67.6 Å². The zero-order chi connectivity index (χ0) is 23.2. The Labute approximate surface area is 193 Å². The number of carbonyl (C=O) groups is 2. The first-order valence-electron chi connectivity index (χ1n) is 11.5. The van der Waals surface area contributed by atoms with E-state index in [1.807, 2.05) is 35.2 Å². The van der Waals surface area contributed by atoms with Crippen LogP contribution in [0.4, 0.5) is 0 Å². The minimum Gasteiger partial charge on any atom is -0.341 e. The summed E-state index contributed by atoms with van der Waals surface area (Å²) in [6, 6.07) is 22.8. The summed E-state index contributed by atoms with van der Waals surface area (Å²) in [6.45, 7) is 3.97. The summed E-state index contributed by atoms with van der Waals surface area (Å²) < 4.78 is 0. The number of pyridine rings is 1. The van der Waals surface area contributed by atoms with Crippen molar-refractivity contribution < 1.29 is 9.59 Å². The molecule has 3 aromatic rings. The number of aromatic amines is 1. The first-order valence-corrected chi connectivity index (χ1v) is 11.5. The number of hydrogen-bond donors (Lipinski definition) is 1. The van der Waals surface area contributed by atoms with Crippen molar-refractivity contribution in [3.05, 3.63) is 94.4 Å². The van der Waals surface area contributed by atoms with E-state index in [9.17, 15) is 14.4 Å². The lowest BCUT2D eigenvalue weighted by Gasteiger charge is -2.24. The Morgan fingerprint density at radius 3 is 2.45 bits per heavy atom. The molecule has 0 radical (unpaired) electrons. The predicted octanol–water partition coefficient (Wildman–Crippen LogP) is 3.60. The summed E-state index contributed by atoms with van der Waals surface area (Å²) in [5.41, 5.74) is 3.23. The molecule has 1 atom stereocenters. The number of benzene rings is 2. The molecule has 0 saturated carbocycles. The molecule has 6 heteroatoms. The summed E-state index contributed by atoms with van der Waals surface area (Å²) >= 11 is 0. The number of amides is 2. The van der Waals surface area contributed by atoms with Crippen LogP contribution in [-0.4, -0.2) is 52.8 Å². The third-order valence-electron chi connectivity index (χ3n) is 6.09. The quantitative estimate of drug-likeness (QED) is 0.633. The highest BCUT2D eigenvalue weighted by Crippen LogP contribution is 2.27. The monoisotopic (exact) mass is 443 g/mol. The number of H-pyrrole nitrogens is 1. The molecule has 1 unspecified atom stereocenters. The van der Waals surface area contributed by atoms with Gasteiger partial charge in [0.2, 0.25) is 11.5 Å². The molecule has 1 aliphatic rings. The van der Waals surface area contributed by atoms with E-state index in [0.717, 1.165) is 23.1 Å². The maximum atomic E-state index is 13.5. The van der Waals surface area contributed by atoms with Crippen molar-refractivity contribution in [2.24, 2.45) is 5.92 Å². The maximum absolute atomic E-state index is 13.5. The Morgan fingerprint density at radius 2 is 1.70 bits per heavy atom. The summed E-state index contributed by atoms with van der Waals surface area (Å²) in [5, 5.41) is 0. The second-order valence-electron chi connectivity index (χ2n) is 8.43. The molecule has 6 nitrogen and oxygen atoms in total. The first-order chi connectivity index (χ1) is 16.1. The van der Waals surface area contributed by atoms with Crippen LogP contribution in [-0.2, 0) is 11.2 Å². The highest BCUT2D eigenvalue weighted by atomic mass is 16.2. The highest BCUT2D eigenvalue weighted by Gasteiger charge is 2.33. The van der Waals surface area contributed by atoms with E-state index in [-0.39, 0.29) is 29.0 Å². The fourth-order valence-corrected chi connectivity index (χ4v) is 4.48. The predicted molar refractivity (Wildman–Crippen MR) is 129 cm³/mol. The van der Waals surface area contributed by atoms with Crippen LogP contribution in [0, 0.1) is 5.92 Å². The van der Waals surface area contributed by atoms with E-state index < -0.39 is 0 Å². The molecular weight excluding hydrogens is 414 g/mol. The first kappa shape index (κ1) is 22.5. The van der Waals surface area contributed by atoms with Crippen LogP contribution in [0.1, 0.15) is 29.4 Å². The molecule has 2 heterocycles. The lowest BCUT2D eigenvalue weighted by molar-refractivity contribution is -0.134. The van der Waals surface area contributed by atoms with Crippen LogP contribution < -0.4 is 5.56 Å². The Morgan fingerprint density at radius 1 is 0.939 bits per heavy atom. The number of hydrogen-bond acceptors (Lipinski definition) is 3. The van der Waals surface area contributed by atoms with Gasteiger partial charge in [0.15, 0.2) is 0 Å². The van der Waals surface area contributed by atoms with Crippen LogP contribution in [0.2, 0.25) is 0 Å². The van der Waals surface area contributed by atoms with Gasteiger partial charge in [-0.15, -0.1) is 0 Å². The van der Waals surface area contributed by atoms with Gasteiger partial charge in [0.1, 0.15) is 5.69 Å². The van der Waals surface area contributed by atoms with Crippen LogP contribution in [0.25, 0.3) is 11.1 Å². The van der Waals surface area contributed by atoms with E-state index in [1.54, 1.807) is 17.0 Å². The largest absolute Gasteiger partial charge is 0.341 e. The second-order valence-corrected chi connectivity index (χ2v) is 8.43. The van der Waals surface area contributed by atoms with Crippen molar-refractivity contribution in [1.82, 2.24) is 14.8 Å². The Bertz CT molecular complexity index is 1170. The van der Waals surface area contributed by atoms with Crippen molar-refractivity contribution in [3.63, 3.8) is 0 Å². The van der Waals surface area contributed by atoms with E-state index in [4.69, 9.17) is 0 Å². The molecule has 0 bridgehead atoms. The molecule has 2 aromatic carbocycles. The molecule has 1 saturated heterocycles. The van der Waals surface area contributed by atoms with Crippen molar-refractivity contribution in [2.75, 3.05) is 26.2 Å². The molecule has 170 valence electrons. The van der Waals surface area contributed by atoms with Crippen LogP contribution in [0.5, 0.6) is 0 Å². The molecule has 33 heavy (non-hydrogen) atoms. The van der Waals surface area contributed by atoms with Crippen molar-refractivity contribution in [1.29, 1.82) is 0 Å². The lowest BCUT2D eigenvalue weighted by Crippen LogP contribution is -2.38. The van der Waals surface area contributed by atoms with Gasteiger partial charge in [-0.25, -0.2) is 0 Å². The zero-order valence-corrected chi connectivity index (χ0v) is 18.9. The Hall–Kier alpha value is -3.67. The third kappa shape index (κ3) is 5.22. The van der Waals surface area contributed by atoms with Gasteiger partial charge >= 0.3 is 0 Å². The number of rotatable bonds is 6. The molecule has 4 rings (SSSR count). The summed E-state index contributed by atoms with van der Waals surface area (Å²) in [4.78, 5) is 44.6. The van der Waals surface area contributed by atoms with Gasteiger partial charge < -0.3 is 14.8 Å². The van der Waals surface area contributed by atoms with E-state index in [1.165, 1.54) is 6.07 Å². The zero-order valence-electron chi connectivity index (χ0n) is 18.9. The van der Waals surface area contributed by atoms with Gasteiger partial charge in [0.05, 0.1) is 5.92 Å². The average Bonchev–Trinajstić information content (AvgIpc) is 2.99. The summed E-state index contributed by atoms with van der Waals surface area (Å²) in [7, 11) is 0. The van der Waals surface area contributed by atoms with Gasteiger partial charge in [-0.2, -0.15) is 0 Å². The Kier molecular flexibility index (Phi) is 7.03. The summed E-state index contributed by atoms with van der Waals surface area (Å²) in [6.07, 6.45) is 1.40. The minimum absolute atomic E-state index is 0.0802. The molecular formula is C27H29N3O3. The summed E-state index contributed by atoms with van der Waals surface area (Å²) in [5.74, 6) is -0.528. The molecule has 0 aliphatic carbocycles. The fraction of sp³-hybridized carbons (Fsp3) is 0.296.